The summed E-state index contributed by atoms with van der Waals surface area (Å²) in [5, 5.41) is 71.6. The molecule has 8 amide bonds. The zero-order chi connectivity index (χ0) is 98.0. The van der Waals surface area contributed by atoms with Gasteiger partial charge in [-0.15, -0.1) is 40.8 Å². The van der Waals surface area contributed by atoms with Crippen LogP contribution in [0.1, 0.15) is 68.1 Å². The standard InChI is InChI=1S/2C24H24F2N8O.C23H25F4N7O.C23H22F2N8O/c2*1-32(24(35)29-19-6-5-15(25)14-18(19)26)16-8-12-34(13-9-16)23-17-4-3-10-27-21(17)22(30-31-23)20-7-11-28-33(20)2;1-13-14(2)21(32-31-20(13)19-6-9-28-33(19)3)34-10-7-16(8-11-34)29-22(35)30-18-5-4-15(24)12-17(18)23(25,26)27;1-32-20(5-9-27-32)21-16-4-8-26-13-17(16)22(31-30-21)33-10-6-15(7-11-33)28-23(34)29-19-3-2-14(24)12-18(19)25/h2*3-7,10-11,14,16H,8-9,12-13H2,1-2H3,(H,29,35);4-6,9,12,16H,7-8,10-11H2,1-3H3,(H2,29,30,35);2-5,8-9,12-13,15H,6-7,10-11H2,1H3,(H2,28,29,34). The first-order valence-electron chi connectivity index (χ1n) is 44.4. The lowest BCUT2D eigenvalue weighted by Gasteiger charge is -2.37. The summed E-state index contributed by atoms with van der Waals surface area (Å²) in [6.45, 7) is 9.11. The molecule has 4 aromatic carbocycles. The van der Waals surface area contributed by atoms with Gasteiger partial charge in [-0.25, -0.2) is 49.9 Å². The first-order chi connectivity index (χ1) is 66.9. The number of alkyl halides is 3. The van der Waals surface area contributed by atoms with Gasteiger partial charge < -0.3 is 61.3 Å². The van der Waals surface area contributed by atoms with Crippen molar-refractivity contribution in [2.45, 2.75) is 95.6 Å². The predicted octanol–water partition coefficient (Wildman–Crippen LogP) is 15.6. The number of rotatable bonds is 16. The van der Waals surface area contributed by atoms with Crippen molar-refractivity contribution in [3.63, 3.8) is 0 Å². The van der Waals surface area contributed by atoms with Gasteiger partial charge >= 0.3 is 30.3 Å². The number of pyridine rings is 3. The summed E-state index contributed by atoms with van der Waals surface area (Å²) in [5.74, 6) is -2.56. The average molecular weight is 1910 g/mol. The fraction of sp³-hybridized carbons (Fsp3) is 0.309. The average Bonchev–Trinajstić information content (AvgIpc) is 1.76. The van der Waals surface area contributed by atoms with Crippen LogP contribution in [0.3, 0.4) is 0 Å². The Labute approximate surface area is 788 Å². The lowest BCUT2D eigenvalue weighted by molar-refractivity contribution is -0.137. The molecule has 6 N–H and O–H groups in total. The van der Waals surface area contributed by atoms with E-state index >= 15 is 0 Å². The normalized spacial score (nSPS) is 14.5. The monoisotopic (exact) mass is 1910 g/mol. The Morgan fingerprint density at radius 1 is 0.360 bits per heavy atom. The van der Waals surface area contributed by atoms with E-state index in [2.05, 4.69) is 128 Å². The number of benzene rings is 4. The molecule has 139 heavy (non-hydrogen) atoms. The van der Waals surface area contributed by atoms with Gasteiger partial charge in [0, 0.05) is 208 Å². The fourth-order valence-electron chi connectivity index (χ4n) is 17.2. The summed E-state index contributed by atoms with van der Waals surface area (Å²) < 4.78 is 141. The van der Waals surface area contributed by atoms with Gasteiger partial charge in [0.25, 0.3) is 0 Å². The maximum absolute atomic E-state index is 13.9. The van der Waals surface area contributed by atoms with Crippen molar-refractivity contribution in [3.05, 3.63) is 234 Å². The first kappa shape index (κ1) is 96.0. The number of amides is 8. The number of nitrogens with one attached hydrogen (secondary N) is 6. The molecule has 0 aliphatic carbocycles. The van der Waals surface area contributed by atoms with Crippen LogP contribution in [0.2, 0.25) is 0 Å². The molecular weight excluding hydrogens is 1820 g/mol. The molecule has 45 heteroatoms. The van der Waals surface area contributed by atoms with Crippen LogP contribution in [0.25, 0.3) is 78.1 Å². The molecule has 11 aromatic heterocycles. The second-order valence-corrected chi connectivity index (χ2v) is 33.6. The third kappa shape index (κ3) is 21.9. The second-order valence-electron chi connectivity index (χ2n) is 33.6. The number of aromatic nitrogens is 19. The second kappa shape index (κ2) is 42.0. The predicted molar refractivity (Wildman–Crippen MR) is 502 cm³/mol. The summed E-state index contributed by atoms with van der Waals surface area (Å²) in [5.41, 5.74) is 7.82. The minimum Gasteiger partial charge on any atom is -0.355 e. The van der Waals surface area contributed by atoms with Crippen molar-refractivity contribution >= 4 is 103 Å². The SMILES string of the molecule is CN(C(=O)Nc1ccc(F)cc1F)C1CCN(c2nnc(-c3ccnn3C)c3ncccc23)CC1.CN(C(=O)Nc1ccc(F)cc1F)C1CCN(c2nnc(-c3ccnn3C)c3ncccc23)CC1.Cc1c(-c2ccnn2C)nnc(N2CCC(NC(=O)Nc3ccc(F)cc3C(F)(F)F)CC2)c1C.Cn1nccc1-c1nnc(N2CCC(NC(=O)Nc3ccc(F)cc3F)CC2)c2cnccc12. The van der Waals surface area contributed by atoms with Crippen LogP contribution in [0.4, 0.5) is 109 Å². The van der Waals surface area contributed by atoms with E-state index in [0.717, 1.165) is 150 Å². The number of urea groups is 4. The number of anilines is 8. The highest BCUT2D eigenvalue weighted by atomic mass is 19.4. The Bertz CT molecular complexity index is 6780. The first-order valence-corrected chi connectivity index (χ1v) is 44.4. The van der Waals surface area contributed by atoms with Gasteiger partial charge in [0.2, 0.25) is 0 Å². The fourth-order valence-corrected chi connectivity index (χ4v) is 17.2. The van der Waals surface area contributed by atoms with Gasteiger partial charge in [-0.2, -0.15) is 33.6 Å². The third-order valence-electron chi connectivity index (χ3n) is 24.9. The minimum absolute atomic E-state index is 0.0409. The van der Waals surface area contributed by atoms with Crippen LogP contribution >= 0.6 is 0 Å². The molecule has 4 aliphatic rings. The van der Waals surface area contributed by atoms with Crippen molar-refractivity contribution in [2.75, 3.05) is 107 Å². The van der Waals surface area contributed by atoms with Gasteiger partial charge in [0.05, 0.1) is 51.1 Å². The molecule has 15 aromatic rings. The third-order valence-corrected chi connectivity index (χ3v) is 24.9. The van der Waals surface area contributed by atoms with Crippen LogP contribution in [0.5, 0.6) is 0 Å². The molecule has 0 bridgehead atoms. The molecular formula is C94H95F10N31O4. The maximum atomic E-state index is 13.9. The van der Waals surface area contributed by atoms with Gasteiger partial charge in [-0.3, -0.25) is 33.7 Å². The van der Waals surface area contributed by atoms with Crippen LogP contribution in [0, 0.1) is 54.6 Å². The number of piperidine rings is 4. The number of hydrogen-bond donors (Lipinski definition) is 6. The molecule has 4 saturated heterocycles. The largest absolute Gasteiger partial charge is 0.418 e. The number of fused-ring (bicyclic) bond motifs is 3. The van der Waals surface area contributed by atoms with E-state index in [0.29, 0.717) is 121 Å². The van der Waals surface area contributed by atoms with E-state index in [4.69, 9.17) is 0 Å². The van der Waals surface area contributed by atoms with Crippen LogP contribution in [-0.2, 0) is 34.4 Å². The molecule has 15 heterocycles. The van der Waals surface area contributed by atoms with E-state index in [-0.39, 0.29) is 41.2 Å². The van der Waals surface area contributed by atoms with Crippen molar-refractivity contribution in [1.82, 2.24) is 115 Å². The Balaban J connectivity index is 0.000000134. The Kier molecular flexibility index (Phi) is 29.0. The smallest absolute Gasteiger partial charge is 0.355 e. The number of aryl methyl sites for hydroxylation is 4. The minimum atomic E-state index is -4.79. The highest BCUT2D eigenvalue weighted by Crippen LogP contribution is 2.40. The number of carbonyl (C=O) groups excluding carboxylic acids is 4. The zero-order valence-corrected chi connectivity index (χ0v) is 76.5. The van der Waals surface area contributed by atoms with Crippen molar-refractivity contribution < 1.29 is 63.1 Å². The van der Waals surface area contributed by atoms with Gasteiger partial charge in [0.1, 0.15) is 74.5 Å². The van der Waals surface area contributed by atoms with Crippen molar-refractivity contribution in [2.24, 2.45) is 28.2 Å². The maximum Gasteiger partial charge on any atom is 0.418 e. The van der Waals surface area contributed by atoms with Crippen molar-refractivity contribution in [3.8, 4) is 45.6 Å². The van der Waals surface area contributed by atoms with E-state index in [9.17, 15) is 63.1 Å². The molecule has 35 nitrogen and oxygen atoms in total. The van der Waals surface area contributed by atoms with Gasteiger partial charge in [-0.1, -0.05) is 0 Å². The summed E-state index contributed by atoms with van der Waals surface area (Å²) in [7, 11) is 10.8. The van der Waals surface area contributed by atoms with E-state index in [1.165, 1.54) is 18.2 Å². The number of carbonyl (C=O) groups is 4. The Morgan fingerprint density at radius 2 is 0.705 bits per heavy atom. The summed E-state index contributed by atoms with van der Waals surface area (Å²) in [6.07, 6.45) is 14.3. The molecule has 0 saturated carbocycles. The quantitative estimate of drug-likeness (QED) is 0.0489. The number of hydrogen-bond acceptors (Lipinski definition) is 23. The van der Waals surface area contributed by atoms with Crippen LogP contribution in [0.15, 0.2) is 177 Å². The van der Waals surface area contributed by atoms with Gasteiger partial charge in [-0.05, 0) is 186 Å². The van der Waals surface area contributed by atoms with E-state index in [1.54, 1.807) is 92.2 Å². The number of nitrogens with zero attached hydrogens (tertiary/aromatic N) is 25. The zero-order valence-electron chi connectivity index (χ0n) is 76.5. The molecule has 0 radical (unpaired) electrons. The highest BCUT2D eigenvalue weighted by molar-refractivity contribution is 6.01. The lowest BCUT2D eigenvalue weighted by Crippen LogP contribution is -2.47. The molecule has 0 spiro atoms. The summed E-state index contributed by atoms with van der Waals surface area (Å²) in [4.78, 5) is 75.0. The summed E-state index contributed by atoms with van der Waals surface area (Å²) >= 11 is 0. The summed E-state index contributed by atoms with van der Waals surface area (Å²) in [6, 6.07) is 25.9. The van der Waals surface area contributed by atoms with Gasteiger partial charge in [0.15, 0.2) is 23.3 Å². The molecule has 720 valence electrons. The van der Waals surface area contributed by atoms with Crippen LogP contribution < -0.4 is 51.5 Å². The van der Waals surface area contributed by atoms with Crippen molar-refractivity contribution in [1.29, 1.82) is 0 Å². The molecule has 19 rings (SSSR count). The lowest BCUT2D eigenvalue weighted by atomic mass is 10.0. The molecule has 0 unspecified atom stereocenters. The topological polar surface area (TPSA) is 373 Å². The highest BCUT2D eigenvalue weighted by Gasteiger charge is 2.37. The molecule has 0 atom stereocenters. The van der Waals surface area contributed by atoms with E-state index < -0.39 is 82.3 Å². The Hall–Kier alpha value is -16.2. The molecule has 4 fully saturated rings. The Morgan fingerprint density at radius 3 is 1.11 bits per heavy atom. The molecule has 4 aliphatic heterocycles. The van der Waals surface area contributed by atoms with E-state index in [1.807, 2.05) is 96.6 Å². The van der Waals surface area contributed by atoms with Crippen LogP contribution in [-0.4, -0.2) is 219 Å². The number of halogens is 10.